The molecule has 0 aliphatic carbocycles. The van der Waals surface area contributed by atoms with Crippen LogP contribution < -0.4 is 9.47 Å². The summed E-state index contributed by atoms with van der Waals surface area (Å²) in [5.74, 6) is 2.09. The second-order valence-electron chi connectivity index (χ2n) is 6.23. The third-order valence-electron chi connectivity index (χ3n) is 4.56. The molecule has 0 N–H and O–H groups in total. The number of pyridine rings is 1. The van der Waals surface area contributed by atoms with Crippen molar-refractivity contribution in [1.29, 1.82) is 0 Å². The fourth-order valence-electron chi connectivity index (χ4n) is 3.08. The van der Waals surface area contributed by atoms with Gasteiger partial charge in [-0.3, -0.25) is 4.98 Å². The maximum atomic E-state index is 6.71. The Balaban J connectivity index is 1.65. The molecule has 0 atom stereocenters. The average molecular weight is 424 g/mol. The van der Waals surface area contributed by atoms with Crippen molar-refractivity contribution in [2.45, 2.75) is 0 Å². The Morgan fingerprint density at radius 2 is 1.83 bits per heavy atom. The number of ether oxygens (including phenoxy) is 2. The van der Waals surface area contributed by atoms with Crippen LogP contribution in [0.4, 0.5) is 0 Å². The van der Waals surface area contributed by atoms with E-state index >= 15 is 0 Å². The van der Waals surface area contributed by atoms with Crippen molar-refractivity contribution < 1.29 is 9.47 Å². The van der Waals surface area contributed by atoms with Crippen molar-refractivity contribution in [3.63, 3.8) is 0 Å². The van der Waals surface area contributed by atoms with Crippen LogP contribution in [0.5, 0.6) is 11.5 Å². The highest BCUT2D eigenvalue weighted by Crippen LogP contribution is 2.37. The summed E-state index contributed by atoms with van der Waals surface area (Å²) in [6.45, 7) is 0. The van der Waals surface area contributed by atoms with Crippen molar-refractivity contribution in [2.75, 3.05) is 14.2 Å². The molecule has 0 fully saturated rings. The molecule has 0 amide bonds. The van der Waals surface area contributed by atoms with Crippen LogP contribution in [0.25, 0.3) is 37.8 Å². The van der Waals surface area contributed by atoms with Gasteiger partial charge in [-0.25, -0.2) is 0 Å². The SMILES string of the molecule is COc1cccc(-c2nnc3sc(-c4cnc5ccc(OC)cc5c4Cl)nn23)c1. The number of hydrogen-bond acceptors (Lipinski definition) is 7. The molecule has 7 nitrogen and oxygen atoms in total. The lowest BCUT2D eigenvalue weighted by Crippen LogP contribution is -1.93. The van der Waals surface area contributed by atoms with Crippen molar-refractivity contribution in [2.24, 2.45) is 0 Å². The third kappa shape index (κ3) is 2.97. The molecule has 0 bridgehead atoms. The van der Waals surface area contributed by atoms with Crippen LogP contribution in [-0.2, 0) is 0 Å². The zero-order chi connectivity index (χ0) is 20.0. The van der Waals surface area contributed by atoms with Gasteiger partial charge in [0.1, 0.15) is 11.5 Å². The van der Waals surface area contributed by atoms with Crippen LogP contribution >= 0.6 is 22.9 Å². The smallest absolute Gasteiger partial charge is 0.235 e. The molecule has 0 unspecified atom stereocenters. The molecule has 3 heterocycles. The summed E-state index contributed by atoms with van der Waals surface area (Å²) >= 11 is 8.11. The van der Waals surface area contributed by atoms with Crippen LogP contribution in [0.15, 0.2) is 48.7 Å². The van der Waals surface area contributed by atoms with Gasteiger partial charge in [-0.05, 0) is 30.3 Å². The highest BCUT2D eigenvalue weighted by Gasteiger charge is 2.18. The molecular formula is C20H14ClN5O2S. The summed E-state index contributed by atoms with van der Waals surface area (Å²) in [5, 5.41) is 15.3. The van der Waals surface area contributed by atoms with E-state index < -0.39 is 0 Å². The largest absolute Gasteiger partial charge is 0.497 e. The van der Waals surface area contributed by atoms with Crippen LogP contribution in [0.3, 0.4) is 0 Å². The number of benzene rings is 2. The Morgan fingerprint density at radius 1 is 1.00 bits per heavy atom. The van der Waals surface area contributed by atoms with E-state index in [0.29, 0.717) is 20.8 Å². The predicted molar refractivity (Wildman–Crippen MR) is 113 cm³/mol. The Labute approximate surface area is 174 Å². The average Bonchev–Trinajstić information content (AvgIpc) is 3.34. The summed E-state index contributed by atoms with van der Waals surface area (Å²) < 4.78 is 12.3. The fraction of sp³-hybridized carbons (Fsp3) is 0.100. The van der Waals surface area contributed by atoms with Gasteiger partial charge < -0.3 is 9.47 Å². The minimum Gasteiger partial charge on any atom is -0.497 e. The Kier molecular flexibility index (Phi) is 4.30. The molecule has 2 aromatic carbocycles. The lowest BCUT2D eigenvalue weighted by Gasteiger charge is -2.06. The fourth-order valence-corrected chi connectivity index (χ4v) is 4.28. The molecule has 0 saturated carbocycles. The van der Waals surface area contributed by atoms with Crippen LogP contribution in [0.2, 0.25) is 5.02 Å². The summed E-state index contributed by atoms with van der Waals surface area (Å²) in [6, 6.07) is 13.2. The normalized spacial score (nSPS) is 11.3. The number of rotatable bonds is 4. The minimum atomic E-state index is 0.571. The molecule has 0 saturated heterocycles. The molecular weight excluding hydrogens is 410 g/mol. The molecule has 29 heavy (non-hydrogen) atoms. The maximum Gasteiger partial charge on any atom is 0.235 e. The Bertz CT molecular complexity index is 1360. The van der Waals surface area contributed by atoms with Gasteiger partial charge >= 0.3 is 0 Å². The summed E-state index contributed by atoms with van der Waals surface area (Å²) in [6.07, 6.45) is 1.73. The van der Waals surface area contributed by atoms with Crippen molar-refractivity contribution in [3.05, 3.63) is 53.7 Å². The van der Waals surface area contributed by atoms with E-state index in [1.165, 1.54) is 11.3 Å². The van der Waals surface area contributed by atoms with Gasteiger partial charge in [0.25, 0.3) is 0 Å². The van der Waals surface area contributed by atoms with Gasteiger partial charge in [0.2, 0.25) is 4.96 Å². The first-order chi connectivity index (χ1) is 14.2. The number of methoxy groups -OCH3 is 2. The van der Waals surface area contributed by atoms with E-state index in [9.17, 15) is 0 Å². The molecule has 0 radical (unpaired) electrons. The topological polar surface area (TPSA) is 74.4 Å². The Hall–Kier alpha value is -3.23. The van der Waals surface area contributed by atoms with E-state index in [0.717, 1.165) is 33.5 Å². The predicted octanol–water partition coefficient (Wildman–Crippen LogP) is 4.74. The van der Waals surface area contributed by atoms with Gasteiger partial charge in [-0.1, -0.05) is 35.1 Å². The van der Waals surface area contributed by atoms with Gasteiger partial charge in [-0.15, -0.1) is 10.2 Å². The second kappa shape index (κ2) is 6.98. The molecule has 144 valence electrons. The van der Waals surface area contributed by atoms with Crippen LogP contribution in [0.1, 0.15) is 0 Å². The highest BCUT2D eigenvalue weighted by molar-refractivity contribution is 7.19. The first-order valence-corrected chi connectivity index (χ1v) is 9.86. The number of nitrogens with zero attached hydrogens (tertiary/aromatic N) is 5. The van der Waals surface area contributed by atoms with Crippen LogP contribution in [0, 0.1) is 0 Å². The molecule has 5 aromatic rings. The number of halogens is 1. The number of aromatic nitrogens is 5. The van der Waals surface area contributed by atoms with Crippen molar-refractivity contribution >= 4 is 38.8 Å². The summed E-state index contributed by atoms with van der Waals surface area (Å²) in [4.78, 5) is 5.18. The summed E-state index contributed by atoms with van der Waals surface area (Å²) in [5.41, 5.74) is 2.39. The van der Waals surface area contributed by atoms with Crippen LogP contribution in [-0.4, -0.2) is 39.0 Å². The molecule has 9 heteroatoms. The minimum absolute atomic E-state index is 0.571. The Morgan fingerprint density at radius 3 is 2.66 bits per heavy atom. The molecule has 0 spiro atoms. The standard InChI is InChI=1S/C20H14ClN5O2S/c1-27-12-5-3-4-11(8-12)18-23-24-20-26(18)25-19(29-20)15-10-22-16-7-6-13(28-2)9-14(16)17(15)21/h3-10H,1-2H3. The molecule has 0 aliphatic rings. The van der Waals surface area contributed by atoms with Crippen molar-refractivity contribution in [3.8, 4) is 33.5 Å². The maximum absolute atomic E-state index is 6.71. The van der Waals surface area contributed by atoms with Crippen molar-refractivity contribution in [1.82, 2.24) is 24.8 Å². The lowest BCUT2D eigenvalue weighted by molar-refractivity contribution is 0.415. The molecule has 0 aliphatic heterocycles. The lowest BCUT2D eigenvalue weighted by atomic mass is 10.1. The zero-order valence-corrected chi connectivity index (χ0v) is 17.0. The zero-order valence-electron chi connectivity index (χ0n) is 15.5. The quantitative estimate of drug-likeness (QED) is 0.415. The number of hydrogen-bond donors (Lipinski definition) is 0. The molecule has 5 rings (SSSR count). The monoisotopic (exact) mass is 423 g/mol. The number of fused-ring (bicyclic) bond motifs is 2. The van der Waals surface area contributed by atoms with E-state index in [-0.39, 0.29) is 0 Å². The molecule has 3 aromatic heterocycles. The van der Waals surface area contributed by atoms with E-state index in [1.54, 1.807) is 24.9 Å². The first kappa shape index (κ1) is 17.8. The highest BCUT2D eigenvalue weighted by atomic mass is 35.5. The third-order valence-corrected chi connectivity index (χ3v) is 5.90. The van der Waals surface area contributed by atoms with E-state index in [2.05, 4.69) is 15.2 Å². The van der Waals surface area contributed by atoms with Gasteiger partial charge in [0, 0.05) is 17.1 Å². The van der Waals surface area contributed by atoms with E-state index in [4.69, 9.17) is 26.2 Å². The van der Waals surface area contributed by atoms with Gasteiger partial charge in [0.15, 0.2) is 10.8 Å². The van der Waals surface area contributed by atoms with Gasteiger partial charge in [0.05, 0.1) is 30.3 Å². The van der Waals surface area contributed by atoms with Gasteiger partial charge in [-0.2, -0.15) is 9.61 Å². The first-order valence-electron chi connectivity index (χ1n) is 8.67. The summed E-state index contributed by atoms with van der Waals surface area (Å²) in [7, 11) is 3.25. The second-order valence-corrected chi connectivity index (χ2v) is 7.56. The van der Waals surface area contributed by atoms with E-state index in [1.807, 2.05) is 42.5 Å².